The van der Waals surface area contributed by atoms with Crippen LogP contribution in [0.25, 0.3) is 5.69 Å². The van der Waals surface area contributed by atoms with Crippen molar-refractivity contribution in [2.75, 3.05) is 18.0 Å². The van der Waals surface area contributed by atoms with Crippen molar-refractivity contribution in [2.45, 2.75) is 32.7 Å². The summed E-state index contributed by atoms with van der Waals surface area (Å²) in [4.78, 5) is 31.3. The van der Waals surface area contributed by atoms with Gasteiger partial charge in [-0.1, -0.05) is 78.5 Å². The zero-order chi connectivity index (χ0) is 26.8. The van der Waals surface area contributed by atoms with Crippen LogP contribution in [0.3, 0.4) is 0 Å². The quantitative estimate of drug-likeness (QED) is 0.241. The third-order valence-corrected chi connectivity index (χ3v) is 7.49. The molecule has 1 atom stereocenters. The standard InChI is InChI=1S/C31H29Cl2N3O2/c1-3-4-17-34(31(38)24-16-15-23(32)19-25(24)33)20-29(37)36-27-9-6-5-8-26(27)35-18-7-10-28(35)30(36)22-13-11-21(2)12-14-22/h5-16,18-19,30H,3-4,17,20H2,1-2H3. The van der Waals surface area contributed by atoms with Crippen LogP contribution >= 0.6 is 23.2 Å². The molecule has 5 nitrogen and oxygen atoms in total. The minimum Gasteiger partial charge on any atom is -0.329 e. The van der Waals surface area contributed by atoms with Crippen LogP contribution in [0, 0.1) is 6.92 Å². The Bertz CT molecular complexity index is 1480. The van der Waals surface area contributed by atoms with Gasteiger partial charge in [0.1, 0.15) is 12.6 Å². The van der Waals surface area contributed by atoms with Crippen LogP contribution in [0.2, 0.25) is 10.0 Å². The van der Waals surface area contributed by atoms with Gasteiger partial charge >= 0.3 is 0 Å². The van der Waals surface area contributed by atoms with E-state index in [1.807, 2.05) is 54.4 Å². The summed E-state index contributed by atoms with van der Waals surface area (Å²) in [5, 5.41) is 0.728. The van der Waals surface area contributed by atoms with Gasteiger partial charge in [0, 0.05) is 17.8 Å². The van der Waals surface area contributed by atoms with Gasteiger partial charge in [0.2, 0.25) is 5.91 Å². The first-order chi connectivity index (χ1) is 18.4. The normalized spacial score (nSPS) is 14.1. The molecule has 1 aliphatic heterocycles. The monoisotopic (exact) mass is 545 g/mol. The number of aromatic nitrogens is 1. The zero-order valence-corrected chi connectivity index (χ0v) is 22.9. The molecule has 0 N–H and O–H groups in total. The van der Waals surface area contributed by atoms with E-state index < -0.39 is 0 Å². The number of hydrogen-bond donors (Lipinski definition) is 0. The van der Waals surface area contributed by atoms with E-state index >= 15 is 0 Å². The summed E-state index contributed by atoms with van der Waals surface area (Å²) in [5.74, 6) is -0.445. The molecule has 2 heterocycles. The Hall–Kier alpha value is -3.54. The molecule has 4 aromatic rings. The molecule has 38 heavy (non-hydrogen) atoms. The number of para-hydroxylation sites is 2. The first-order valence-electron chi connectivity index (χ1n) is 12.8. The summed E-state index contributed by atoms with van der Waals surface area (Å²) in [7, 11) is 0. The van der Waals surface area contributed by atoms with E-state index in [9.17, 15) is 9.59 Å². The number of anilines is 1. The third-order valence-electron chi connectivity index (χ3n) is 6.94. The predicted octanol–water partition coefficient (Wildman–Crippen LogP) is 7.47. The molecule has 0 saturated carbocycles. The van der Waals surface area contributed by atoms with Gasteiger partial charge < -0.3 is 9.47 Å². The number of amides is 2. The predicted molar refractivity (Wildman–Crippen MR) is 154 cm³/mol. The van der Waals surface area contributed by atoms with Crippen LogP contribution in [-0.4, -0.2) is 34.4 Å². The highest BCUT2D eigenvalue weighted by molar-refractivity contribution is 6.36. The number of benzene rings is 3. The number of carbonyl (C=O) groups excluding carboxylic acids is 2. The summed E-state index contributed by atoms with van der Waals surface area (Å²) in [6, 6.07) is 24.7. The molecule has 0 aliphatic carbocycles. The van der Waals surface area contributed by atoms with Crippen molar-refractivity contribution < 1.29 is 9.59 Å². The van der Waals surface area contributed by atoms with E-state index in [1.165, 1.54) is 0 Å². The molecular weight excluding hydrogens is 517 g/mol. The fourth-order valence-electron chi connectivity index (χ4n) is 5.00. The second-order valence-electron chi connectivity index (χ2n) is 9.57. The third kappa shape index (κ3) is 4.96. The fourth-order valence-corrected chi connectivity index (χ4v) is 5.49. The summed E-state index contributed by atoms with van der Waals surface area (Å²) in [6.07, 6.45) is 3.68. The van der Waals surface area contributed by atoms with Gasteiger partial charge in [0.05, 0.1) is 27.7 Å². The number of hydrogen-bond acceptors (Lipinski definition) is 2. The topological polar surface area (TPSA) is 45.6 Å². The Morgan fingerprint density at radius 2 is 1.66 bits per heavy atom. The number of nitrogens with zero attached hydrogens (tertiary/aromatic N) is 3. The number of fused-ring (bicyclic) bond motifs is 3. The molecule has 0 radical (unpaired) electrons. The van der Waals surface area contributed by atoms with Crippen LogP contribution in [0.5, 0.6) is 0 Å². The summed E-state index contributed by atoms with van der Waals surface area (Å²) in [6.45, 7) is 4.48. The van der Waals surface area contributed by atoms with Gasteiger partial charge in [-0.2, -0.15) is 0 Å². The lowest BCUT2D eigenvalue weighted by Crippen LogP contribution is -2.47. The Morgan fingerprint density at radius 1 is 0.921 bits per heavy atom. The summed E-state index contributed by atoms with van der Waals surface area (Å²) in [5.41, 5.74) is 5.21. The minimum atomic E-state index is -0.338. The first-order valence-corrected chi connectivity index (χ1v) is 13.5. The Balaban J connectivity index is 1.55. The van der Waals surface area contributed by atoms with Crippen molar-refractivity contribution in [2.24, 2.45) is 0 Å². The molecule has 1 aliphatic rings. The lowest BCUT2D eigenvalue weighted by Gasteiger charge is -2.39. The van der Waals surface area contributed by atoms with Crippen molar-refractivity contribution >= 4 is 40.7 Å². The Morgan fingerprint density at radius 3 is 2.37 bits per heavy atom. The second kappa shape index (κ2) is 11.1. The van der Waals surface area contributed by atoms with Gasteiger partial charge in [0.15, 0.2) is 0 Å². The Kier molecular flexibility index (Phi) is 7.59. The number of rotatable bonds is 7. The van der Waals surface area contributed by atoms with E-state index in [4.69, 9.17) is 23.2 Å². The summed E-state index contributed by atoms with van der Waals surface area (Å²) < 4.78 is 2.14. The van der Waals surface area contributed by atoms with Gasteiger partial charge in [-0.05, 0) is 61.4 Å². The first kappa shape index (κ1) is 26.1. The van der Waals surface area contributed by atoms with Crippen LogP contribution < -0.4 is 4.90 Å². The molecule has 0 bridgehead atoms. The van der Waals surface area contributed by atoms with E-state index in [1.54, 1.807) is 23.1 Å². The van der Waals surface area contributed by atoms with Crippen molar-refractivity contribution in [1.29, 1.82) is 0 Å². The van der Waals surface area contributed by atoms with Crippen molar-refractivity contribution in [3.63, 3.8) is 0 Å². The largest absolute Gasteiger partial charge is 0.329 e. The lowest BCUT2D eigenvalue weighted by molar-refractivity contribution is -0.119. The van der Waals surface area contributed by atoms with Crippen LogP contribution in [-0.2, 0) is 4.79 Å². The maximum atomic E-state index is 14.3. The average Bonchev–Trinajstić information content (AvgIpc) is 3.40. The SMILES string of the molecule is CCCCN(CC(=O)N1c2ccccc2-n2cccc2C1c1ccc(C)cc1)C(=O)c1ccc(Cl)cc1Cl. The van der Waals surface area contributed by atoms with E-state index in [0.717, 1.165) is 41.0 Å². The molecule has 2 amide bonds. The maximum Gasteiger partial charge on any atom is 0.255 e. The molecule has 3 aromatic carbocycles. The highest BCUT2D eigenvalue weighted by Gasteiger charge is 2.37. The number of unbranched alkanes of at least 4 members (excludes halogenated alkanes) is 1. The van der Waals surface area contributed by atoms with E-state index in [-0.39, 0.29) is 29.4 Å². The van der Waals surface area contributed by atoms with Gasteiger partial charge in [-0.15, -0.1) is 0 Å². The van der Waals surface area contributed by atoms with E-state index in [0.29, 0.717) is 17.1 Å². The zero-order valence-electron chi connectivity index (χ0n) is 21.4. The molecule has 7 heteroatoms. The van der Waals surface area contributed by atoms with Gasteiger partial charge in [0.25, 0.3) is 5.91 Å². The molecule has 0 fully saturated rings. The second-order valence-corrected chi connectivity index (χ2v) is 10.4. The fraction of sp³-hybridized carbons (Fsp3) is 0.226. The molecule has 5 rings (SSSR count). The van der Waals surface area contributed by atoms with Crippen LogP contribution in [0.1, 0.15) is 53.0 Å². The highest BCUT2D eigenvalue weighted by Crippen LogP contribution is 2.42. The van der Waals surface area contributed by atoms with Gasteiger partial charge in [-0.3, -0.25) is 14.5 Å². The van der Waals surface area contributed by atoms with Crippen LogP contribution in [0.4, 0.5) is 5.69 Å². The van der Waals surface area contributed by atoms with Crippen LogP contribution in [0.15, 0.2) is 85.1 Å². The Labute approximate surface area is 233 Å². The molecule has 194 valence electrons. The minimum absolute atomic E-state index is 0.0742. The number of aryl methyl sites for hydroxylation is 1. The molecule has 1 unspecified atom stereocenters. The summed E-state index contributed by atoms with van der Waals surface area (Å²) >= 11 is 12.4. The molecular formula is C31H29Cl2N3O2. The van der Waals surface area contributed by atoms with Crippen molar-refractivity contribution in [3.8, 4) is 5.69 Å². The lowest BCUT2D eigenvalue weighted by atomic mass is 9.97. The maximum absolute atomic E-state index is 14.3. The van der Waals surface area contributed by atoms with Gasteiger partial charge in [-0.25, -0.2) is 0 Å². The number of halogens is 2. The average molecular weight is 546 g/mol. The number of carbonyl (C=O) groups is 2. The van der Waals surface area contributed by atoms with Crippen molar-refractivity contribution in [3.05, 3.63) is 117 Å². The molecule has 1 aromatic heterocycles. The highest BCUT2D eigenvalue weighted by atomic mass is 35.5. The van der Waals surface area contributed by atoms with E-state index in [2.05, 4.69) is 35.8 Å². The smallest absolute Gasteiger partial charge is 0.255 e. The molecule has 0 saturated heterocycles. The molecule has 0 spiro atoms. The van der Waals surface area contributed by atoms with Crippen molar-refractivity contribution in [1.82, 2.24) is 9.47 Å².